The van der Waals surface area contributed by atoms with Crippen LogP contribution in [0.2, 0.25) is 4.34 Å². The molecule has 0 bridgehead atoms. The van der Waals surface area contributed by atoms with Crippen LogP contribution in [0.4, 0.5) is 5.69 Å². The molecule has 0 radical (unpaired) electrons. The average molecular weight is 295 g/mol. The van der Waals surface area contributed by atoms with Crippen LogP contribution >= 0.6 is 22.9 Å². The maximum atomic E-state index is 5.95. The van der Waals surface area contributed by atoms with Gasteiger partial charge in [-0.2, -0.15) is 0 Å². The van der Waals surface area contributed by atoms with E-state index in [0.717, 1.165) is 10.9 Å². The van der Waals surface area contributed by atoms with Gasteiger partial charge in [0.1, 0.15) is 0 Å². The molecule has 19 heavy (non-hydrogen) atoms. The number of halogens is 1. The van der Waals surface area contributed by atoms with Crippen LogP contribution in [0, 0.1) is 0 Å². The van der Waals surface area contributed by atoms with Crippen molar-refractivity contribution in [2.45, 2.75) is 19.5 Å². The van der Waals surface area contributed by atoms with Crippen molar-refractivity contribution in [3.8, 4) is 0 Å². The first-order valence-corrected chi connectivity index (χ1v) is 7.55. The lowest BCUT2D eigenvalue weighted by molar-refractivity contribution is 0.576. The van der Waals surface area contributed by atoms with Gasteiger partial charge in [-0.25, -0.2) is 0 Å². The molecule has 1 heterocycles. The zero-order valence-corrected chi connectivity index (χ0v) is 13.1. The summed E-state index contributed by atoms with van der Waals surface area (Å²) in [5.41, 5.74) is 3.76. The van der Waals surface area contributed by atoms with Crippen molar-refractivity contribution in [2.24, 2.45) is 0 Å². The first kappa shape index (κ1) is 14.4. The Bertz CT molecular complexity index is 519. The molecule has 0 aliphatic carbocycles. The van der Waals surface area contributed by atoms with E-state index >= 15 is 0 Å². The molecular weight excluding hydrogens is 276 g/mol. The highest BCUT2D eigenvalue weighted by atomic mass is 35.5. The minimum atomic E-state index is 0.317. The highest BCUT2D eigenvalue weighted by Crippen LogP contribution is 2.24. The van der Waals surface area contributed by atoms with Gasteiger partial charge in [0.25, 0.3) is 0 Å². The fraction of sp³-hybridized carbons (Fsp3) is 0.333. The topological polar surface area (TPSA) is 15.3 Å². The molecule has 1 aromatic carbocycles. The quantitative estimate of drug-likeness (QED) is 0.883. The summed E-state index contributed by atoms with van der Waals surface area (Å²) >= 11 is 7.53. The normalized spacial score (nSPS) is 12.4. The van der Waals surface area contributed by atoms with Crippen molar-refractivity contribution in [2.75, 3.05) is 19.0 Å². The van der Waals surface area contributed by atoms with E-state index in [1.54, 1.807) is 11.3 Å². The summed E-state index contributed by atoms with van der Waals surface area (Å²) in [5, 5.41) is 5.62. The maximum absolute atomic E-state index is 5.95. The molecule has 2 aromatic rings. The van der Waals surface area contributed by atoms with Crippen LogP contribution in [0.1, 0.15) is 24.1 Å². The van der Waals surface area contributed by atoms with E-state index in [0.29, 0.717) is 6.04 Å². The zero-order valence-electron chi connectivity index (χ0n) is 11.5. The molecular formula is C15H19ClN2S. The molecule has 102 valence electrons. The van der Waals surface area contributed by atoms with Crippen molar-refractivity contribution >= 4 is 28.6 Å². The summed E-state index contributed by atoms with van der Waals surface area (Å²) in [6.45, 7) is 3.02. The second-order valence-corrected chi connectivity index (χ2v) is 6.39. The summed E-state index contributed by atoms with van der Waals surface area (Å²) in [7, 11) is 4.10. The minimum absolute atomic E-state index is 0.317. The van der Waals surface area contributed by atoms with Gasteiger partial charge in [0, 0.05) is 32.4 Å². The molecule has 0 aliphatic rings. The molecule has 1 atom stereocenters. The smallest absolute Gasteiger partial charge is 0.0931 e. The summed E-state index contributed by atoms with van der Waals surface area (Å²) in [4.78, 5) is 2.10. The first-order chi connectivity index (χ1) is 9.06. The third kappa shape index (κ3) is 3.96. The lowest BCUT2D eigenvalue weighted by Crippen LogP contribution is -2.17. The third-order valence-electron chi connectivity index (χ3n) is 3.15. The first-order valence-electron chi connectivity index (χ1n) is 6.30. The Kier molecular flexibility index (Phi) is 4.86. The fourth-order valence-electron chi connectivity index (χ4n) is 1.85. The van der Waals surface area contributed by atoms with E-state index in [9.17, 15) is 0 Å². The van der Waals surface area contributed by atoms with Crippen molar-refractivity contribution in [3.63, 3.8) is 0 Å². The van der Waals surface area contributed by atoms with Gasteiger partial charge in [-0.3, -0.25) is 0 Å². The van der Waals surface area contributed by atoms with Crippen LogP contribution in [-0.2, 0) is 6.54 Å². The number of nitrogens with zero attached hydrogens (tertiary/aromatic N) is 1. The van der Waals surface area contributed by atoms with Crippen molar-refractivity contribution in [1.82, 2.24) is 5.32 Å². The van der Waals surface area contributed by atoms with E-state index in [-0.39, 0.29) is 0 Å². The minimum Gasteiger partial charge on any atom is -0.378 e. The number of rotatable bonds is 5. The van der Waals surface area contributed by atoms with Gasteiger partial charge >= 0.3 is 0 Å². The van der Waals surface area contributed by atoms with Gasteiger partial charge in [-0.05, 0) is 41.6 Å². The molecule has 0 spiro atoms. The molecule has 0 saturated heterocycles. The molecule has 4 heteroatoms. The van der Waals surface area contributed by atoms with Gasteiger partial charge in [-0.15, -0.1) is 11.3 Å². The van der Waals surface area contributed by atoms with Crippen LogP contribution < -0.4 is 10.2 Å². The van der Waals surface area contributed by atoms with Crippen LogP contribution in [-0.4, -0.2) is 14.1 Å². The molecule has 2 nitrogen and oxygen atoms in total. The Labute approximate surface area is 124 Å². The largest absolute Gasteiger partial charge is 0.378 e. The SMILES string of the molecule is CC(NCc1ccc(N(C)C)cc1)c1csc(Cl)c1. The predicted molar refractivity (Wildman–Crippen MR) is 85.4 cm³/mol. The van der Waals surface area contributed by atoms with Crippen molar-refractivity contribution in [3.05, 3.63) is 51.2 Å². The number of hydrogen-bond acceptors (Lipinski definition) is 3. The van der Waals surface area contributed by atoms with E-state index in [4.69, 9.17) is 11.6 Å². The Balaban J connectivity index is 1.91. The highest BCUT2D eigenvalue weighted by Gasteiger charge is 2.07. The van der Waals surface area contributed by atoms with Crippen LogP contribution in [0.3, 0.4) is 0 Å². The van der Waals surface area contributed by atoms with Gasteiger partial charge in [-0.1, -0.05) is 23.7 Å². The summed E-state index contributed by atoms with van der Waals surface area (Å²) in [6.07, 6.45) is 0. The maximum Gasteiger partial charge on any atom is 0.0931 e. The van der Waals surface area contributed by atoms with Gasteiger partial charge in [0.05, 0.1) is 4.34 Å². The Hall–Kier alpha value is -1.03. The lowest BCUT2D eigenvalue weighted by Gasteiger charge is -2.15. The second kappa shape index (κ2) is 6.42. The van der Waals surface area contributed by atoms with E-state index < -0.39 is 0 Å². The molecule has 2 rings (SSSR count). The molecule has 1 aromatic heterocycles. The van der Waals surface area contributed by atoms with Crippen LogP contribution in [0.15, 0.2) is 35.7 Å². The Morgan fingerprint density at radius 3 is 2.47 bits per heavy atom. The Morgan fingerprint density at radius 1 is 1.26 bits per heavy atom. The molecule has 0 aliphatic heterocycles. The number of anilines is 1. The zero-order chi connectivity index (χ0) is 13.8. The van der Waals surface area contributed by atoms with Crippen molar-refractivity contribution < 1.29 is 0 Å². The number of nitrogens with one attached hydrogen (secondary N) is 1. The van der Waals surface area contributed by atoms with E-state index in [1.165, 1.54) is 16.8 Å². The highest BCUT2D eigenvalue weighted by molar-refractivity contribution is 7.14. The lowest BCUT2D eigenvalue weighted by atomic mass is 10.1. The summed E-state index contributed by atoms with van der Waals surface area (Å²) in [5.74, 6) is 0. The summed E-state index contributed by atoms with van der Waals surface area (Å²) < 4.78 is 0.846. The van der Waals surface area contributed by atoms with E-state index in [2.05, 4.69) is 60.9 Å². The van der Waals surface area contributed by atoms with Gasteiger partial charge < -0.3 is 10.2 Å². The monoisotopic (exact) mass is 294 g/mol. The summed E-state index contributed by atoms with van der Waals surface area (Å²) in [6, 6.07) is 11.0. The fourth-order valence-corrected chi connectivity index (χ4v) is 2.84. The van der Waals surface area contributed by atoms with Crippen LogP contribution in [0.5, 0.6) is 0 Å². The van der Waals surface area contributed by atoms with Crippen molar-refractivity contribution in [1.29, 1.82) is 0 Å². The second-order valence-electron chi connectivity index (χ2n) is 4.85. The predicted octanol–water partition coefficient (Wildman–Crippen LogP) is 4.32. The van der Waals surface area contributed by atoms with Gasteiger partial charge in [0.2, 0.25) is 0 Å². The molecule has 1 unspecified atom stereocenters. The molecule has 0 saturated carbocycles. The number of hydrogen-bond donors (Lipinski definition) is 1. The molecule has 0 amide bonds. The van der Waals surface area contributed by atoms with E-state index in [1.807, 2.05) is 6.07 Å². The third-order valence-corrected chi connectivity index (χ3v) is 4.26. The molecule has 1 N–H and O–H groups in total. The standard InChI is InChI=1S/C15H19ClN2S/c1-11(13-8-15(16)19-10-13)17-9-12-4-6-14(7-5-12)18(2)3/h4-8,10-11,17H,9H2,1-3H3. The average Bonchev–Trinajstić information content (AvgIpc) is 2.83. The Morgan fingerprint density at radius 2 is 1.95 bits per heavy atom. The number of thiophene rings is 1. The van der Waals surface area contributed by atoms with Gasteiger partial charge in [0.15, 0.2) is 0 Å². The molecule has 0 fully saturated rings. The number of benzene rings is 1. The van der Waals surface area contributed by atoms with Crippen LogP contribution in [0.25, 0.3) is 0 Å².